The van der Waals surface area contributed by atoms with E-state index in [4.69, 9.17) is 28.6 Å². The van der Waals surface area contributed by atoms with Crippen molar-refractivity contribution in [2.24, 2.45) is 0 Å². The van der Waals surface area contributed by atoms with Gasteiger partial charge in [0.1, 0.15) is 0 Å². The maximum atomic E-state index is 10.9. The minimum atomic E-state index is -0.472. The molecule has 1 fully saturated rings. The highest BCUT2D eigenvalue weighted by molar-refractivity contribution is 7.80. The molecule has 148 valence electrons. The molecule has 7 nitrogen and oxygen atoms in total. The minimum Gasteiger partial charge on any atom is -0.379 e. The van der Waals surface area contributed by atoms with Gasteiger partial charge in [-0.05, 0) is 29.4 Å². The number of nitro benzene ring substituents is 1. The number of benzene rings is 2. The molecule has 0 amide bonds. The molecule has 0 unspecified atom stereocenters. The number of hydrogen-bond acceptors (Lipinski definition) is 5. The van der Waals surface area contributed by atoms with Gasteiger partial charge in [0.05, 0.1) is 28.8 Å². The highest BCUT2D eigenvalue weighted by Gasteiger charge is 2.14. The number of ether oxygens (including phenoxy) is 1. The molecule has 0 aromatic heterocycles. The van der Waals surface area contributed by atoms with Crippen LogP contribution in [-0.4, -0.2) is 41.2 Å². The normalized spacial score (nSPS) is 14.5. The summed E-state index contributed by atoms with van der Waals surface area (Å²) in [6, 6.07) is 12.4. The fourth-order valence-corrected chi connectivity index (χ4v) is 3.30. The second kappa shape index (κ2) is 9.79. The van der Waals surface area contributed by atoms with Crippen molar-refractivity contribution >= 4 is 40.3 Å². The molecule has 0 radical (unpaired) electrons. The molecule has 0 bridgehead atoms. The van der Waals surface area contributed by atoms with E-state index in [0.717, 1.165) is 38.4 Å². The monoisotopic (exact) mass is 420 g/mol. The molecule has 28 heavy (non-hydrogen) atoms. The first-order chi connectivity index (χ1) is 13.5. The van der Waals surface area contributed by atoms with Gasteiger partial charge in [-0.1, -0.05) is 35.9 Å². The zero-order valence-electron chi connectivity index (χ0n) is 15.2. The highest BCUT2D eigenvalue weighted by atomic mass is 35.5. The van der Waals surface area contributed by atoms with Gasteiger partial charge < -0.3 is 15.4 Å². The van der Waals surface area contributed by atoms with E-state index in [2.05, 4.69) is 27.7 Å². The van der Waals surface area contributed by atoms with Crippen LogP contribution in [0.1, 0.15) is 11.1 Å². The van der Waals surface area contributed by atoms with Crippen molar-refractivity contribution in [1.29, 1.82) is 0 Å². The molecule has 1 aliphatic rings. The van der Waals surface area contributed by atoms with Gasteiger partial charge in [-0.15, -0.1) is 0 Å². The zero-order valence-corrected chi connectivity index (χ0v) is 16.8. The summed E-state index contributed by atoms with van der Waals surface area (Å²) in [5.74, 6) is 0. The molecule has 0 saturated carbocycles. The summed E-state index contributed by atoms with van der Waals surface area (Å²) in [5, 5.41) is 17.7. The van der Waals surface area contributed by atoms with Crippen LogP contribution in [0.15, 0.2) is 42.5 Å². The maximum Gasteiger partial charge on any atom is 0.271 e. The Labute approximate surface area is 173 Å². The zero-order chi connectivity index (χ0) is 19.9. The van der Waals surface area contributed by atoms with Crippen LogP contribution in [0.3, 0.4) is 0 Å². The van der Waals surface area contributed by atoms with Crippen molar-refractivity contribution in [3.05, 3.63) is 68.7 Å². The van der Waals surface area contributed by atoms with Crippen LogP contribution in [-0.2, 0) is 17.8 Å². The van der Waals surface area contributed by atoms with E-state index in [1.165, 1.54) is 23.8 Å². The van der Waals surface area contributed by atoms with E-state index < -0.39 is 4.92 Å². The average molecular weight is 421 g/mol. The largest absolute Gasteiger partial charge is 0.379 e. The maximum absolute atomic E-state index is 10.9. The number of nitro groups is 1. The van der Waals surface area contributed by atoms with Crippen molar-refractivity contribution in [1.82, 2.24) is 10.2 Å². The lowest BCUT2D eigenvalue weighted by Gasteiger charge is -2.27. The standard InChI is InChI=1S/C19H21ClN4O3S/c20-17-6-5-16(24(25)26)11-18(17)22-19(28)21-12-14-3-1-2-4-15(14)13-23-7-9-27-10-8-23/h1-6,11H,7-10,12-13H2,(H2,21,22,28). The predicted molar refractivity (Wildman–Crippen MR) is 114 cm³/mol. The third-order valence-electron chi connectivity index (χ3n) is 4.46. The Hall–Kier alpha value is -2.26. The topological polar surface area (TPSA) is 79.7 Å². The SMILES string of the molecule is O=[N+]([O-])c1ccc(Cl)c(NC(=S)NCc2ccccc2CN2CCOCC2)c1. The third kappa shape index (κ3) is 5.62. The first-order valence-corrected chi connectivity index (χ1v) is 9.67. The van der Waals surface area contributed by atoms with Gasteiger partial charge in [0.15, 0.2) is 5.11 Å². The summed E-state index contributed by atoms with van der Waals surface area (Å²) in [7, 11) is 0. The summed E-state index contributed by atoms with van der Waals surface area (Å²) in [4.78, 5) is 12.8. The van der Waals surface area contributed by atoms with E-state index in [1.54, 1.807) is 0 Å². The van der Waals surface area contributed by atoms with Gasteiger partial charge >= 0.3 is 0 Å². The molecule has 0 aliphatic carbocycles. The molecule has 0 atom stereocenters. The van der Waals surface area contributed by atoms with Gasteiger partial charge in [0, 0.05) is 38.3 Å². The van der Waals surface area contributed by atoms with E-state index >= 15 is 0 Å². The van der Waals surface area contributed by atoms with Crippen molar-refractivity contribution in [3.8, 4) is 0 Å². The predicted octanol–water partition coefficient (Wildman–Crippen LogP) is 3.57. The Morgan fingerprint density at radius 2 is 1.93 bits per heavy atom. The molecular weight excluding hydrogens is 400 g/mol. The van der Waals surface area contributed by atoms with E-state index in [0.29, 0.717) is 22.4 Å². The molecule has 1 heterocycles. The van der Waals surface area contributed by atoms with Gasteiger partial charge in [-0.3, -0.25) is 15.0 Å². The van der Waals surface area contributed by atoms with Crippen LogP contribution < -0.4 is 10.6 Å². The quantitative estimate of drug-likeness (QED) is 0.420. The van der Waals surface area contributed by atoms with Crippen molar-refractivity contribution in [2.45, 2.75) is 13.1 Å². The molecule has 3 rings (SSSR count). The van der Waals surface area contributed by atoms with Crippen molar-refractivity contribution in [3.63, 3.8) is 0 Å². The number of non-ortho nitro benzene ring substituents is 1. The van der Waals surface area contributed by atoms with Crippen LogP contribution in [0.25, 0.3) is 0 Å². The summed E-state index contributed by atoms with van der Waals surface area (Å²) in [6.45, 7) is 4.77. The number of rotatable bonds is 6. The van der Waals surface area contributed by atoms with Crippen LogP contribution in [0.5, 0.6) is 0 Å². The summed E-state index contributed by atoms with van der Waals surface area (Å²) in [6.07, 6.45) is 0. The number of hydrogen-bond donors (Lipinski definition) is 2. The van der Waals surface area contributed by atoms with E-state index in [-0.39, 0.29) is 5.69 Å². The lowest BCUT2D eigenvalue weighted by molar-refractivity contribution is -0.384. The Morgan fingerprint density at radius 3 is 2.64 bits per heavy atom. The molecule has 2 N–H and O–H groups in total. The number of thiocarbonyl (C=S) groups is 1. The number of anilines is 1. The second-order valence-corrected chi connectivity index (χ2v) is 7.20. The van der Waals surface area contributed by atoms with Gasteiger partial charge in [-0.25, -0.2) is 0 Å². The Balaban J connectivity index is 1.60. The lowest BCUT2D eigenvalue weighted by atomic mass is 10.1. The summed E-state index contributed by atoms with van der Waals surface area (Å²) < 4.78 is 5.40. The van der Waals surface area contributed by atoms with Crippen LogP contribution >= 0.6 is 23.8 Å². The van der Waals surface area contributed by atoms with Gasteiger partial charge in [-0.2, -0.15) is 0 Å². The Kier molecular flexibility index (Phi) is 7.16. The molecule has 0 spiro atoms. The first kappa shape index (κ1) is 20.5. The van der Waals surface area contributed by atoms with Crippen LogP contribution in [0.2, 0.25) is 5.02 Å². The van der Waals surface area contributed by atoms with Crippen LogP contribution in [0.4, 0.5) is 11.4 Å². The molecule has 1 saturated heterocycles. The van der Waals surface area contributed by atoms with E-state index in [9.17, 15) is 10.1 Å². The van der Waals surface area contributed by atoms with Gasteiger partial charge in [0.25, 0.3) is 5.69 Å². The van der Waals surface area contributed by atoms with E-state index in [1.807, 2.05) is 12.1 Å². The lowest BCUT2D eigenvalue weighted by Crippen LogP contribution is -2.36. The smallest absolute Gasteiger partial charge is 0.271 e. The fourth-order valence-electron chi connectivity index (χ4n) is 2.95. The van der Waals surface area contributed by atoms with Gasteiger partial charge in [0.2, 0.25) is 0 Å². The highest BCUT2D eigenvalue weighted by Crippen LogP contribution is 2.26. The Morgan fingerprint density at radius 1 is 1.21 bits per heavy atom. The molecule has 1 aliphatic heterocycles. The average Bonchev–Trinajstić information content (AvgIpc) is 2.69. The van der Waals surface area contributed by atoms with Crippen LogP contribution in [0, 0.1) is 10.1 Å². The summed E-state index contributed by atoms with van der Waals surface area (Å²) >= 11 is 11.4. The number of nitrogens with one attached hydrogen (secondary N) is 2. The molecule has 9 heteroatoms. The Bertz CT molecular complexity index is 859. The molecular formula is C19H21ClN4O3S. The number of halogens is 1. The molecule has 2 aromatic rings. The second-order valence-electron chi connectivity index (χ2n) is 6.39. The fraction of sp³-hybridized carbons (Fsp3) is 0.316. The number of nitrogens with zero attached hydrogens (tertiary/aromatic N) is 2. The van der Waals surface area contributed by atoms with Crippen molar-refractivity contribution < 1.29 is 9.66 Å². The summed E-state index contributed by atoms with van der Waals surface area (Å²) in [5.41, 5.74) is 2.72. The minimum absolute atomic E-state index is 0.0504. The third-order valence-corrected chi connectivity index (χ3v) is 5.04. The number of morpholine rings is 1. The first-order valence-electron chi connectivity index (χ1n) is 8.88. The molecule has 2 aromatic carbocycles. The van der Waals surface area contributed by atoms with Crippen molar-refractivity contribution in [2.75, 3.05) is 31.6 Å².